The van der Waals surface area contributed by atoms with E-state index in [1.807, 2.05) is 0 Å². The van der Waals surface area contributed by atoms with E-state index in [9.17, 15) is 14.4 Å². The van der Waals surface area contributed by atoms with Crippen molar-refractivity contribution in [2.24, 2.45) is 0 Å². The van der Waals surface area contributed by atoms with Gasteiger partial charge in [-0.1, -0.05) is 18.2 Å². The molecule has 0 saturated carbocycles. The number of nitrogens with one attached hydrogen (secondary N) is 2. The van der Waals surface area contributed by atoms with E-state index < -0.39 is 5.92 Å². The van der Waals surface area contributed by atoms with Crippen molar-refractivity contribution in [2.45, 2.75) is 19.3 Å². The zero-order valence-electron chi connectivity index (χ0n) is 16.3. The van der Waals surface area contributed by atoms with Crippen LogP contribution < -0.4 is 15.4 Å². The van der Waals surface area contributed by atoms with Crippen molar-refractivity contribution in [3.05, 3.63) is 53.1 Å². The van der Waals surface area contributed by atoms with Crippen molar-refractivity contribution in [1.29, 1.82) is 0 Å². The molecule has 1 unspecified atom stereocenters. The largest absolute Gasteiger partial charge is 0.495 e. The first-order valence-electron chi connectivity index (χ1n) is 8.92. The second-order valence-electron chi connectivity index (χ2n) is 6.90. The van der Waals surface area contributed by atoms with Crippen molar-refractivity contribution in [3.63, 3.8) is 0 Å². The molecule has 1 aliphatic heterocycles. The third kappa shape index (κ3) is 3.55. The zero-order valence-corrected chi connectivity index (χ0v) is 16.3. The highest BCUT2D eigenvalue weighted by molar-refractivity contribution is 6.07. The van der Waals surface area contributed by atoms with Crippen LogP contribution in [0.25, 0.3) is 0 Å². The molecule has 1 aliphatic rings. The lowest BCUT2D eigenvalue weighted by atomic mass is 9.89. The Labute approximate surface area is 163 Å². The predicted molar refractivity (Wildman–Crippen MR) is 107 cm³/mol. The van der Waals surface area contributed by atoms with Gasteiger partial charge in [-0.05, 0) is 36.2 Å². The van der Waals surface area contributed by atoms with Crippen molar-refractivity contribution in [3.8, 4) is 5.75 Å². The molecule has 2 aromatic rings. The predicted octanol–water partition coefficient (Wildman–Crippen LogP) is 2.77. The normalized spacial score (nSPS) is 15.3. The van der Waals surface area contributed by atoms with E-state index in [1.165, 1.54) is 12.0 Å². The van der Waals surface area contributed by atoms with Crippen LogP contribution in [0.2, 0.25) is 0 Å². The first kappa shape index (κ1) is 19.4. The van der Waals surface area contributed by atoms with E-state index in [4.69, 9.17) is 4.74 Å². The number of nitrogens with zero attached hydrogens (tertiary/aromatic N) is 1. The fourth-order valence-electron chi connectivity index (χ4n) is 3.33. The fraction of sp³-hybridized carbons (Fsp3) is 0.286. The van der Waals surface area contributed by atoms with Gasteiger partial charge in [-0.2, -0.15) is 0 Å². The van der Waals surface area contributed by atoms with Crippen LogP contribution in [0.3, 0.4) is 0 Å². The number of carbonyl (C=O) groups excluding carboxylic acids is 3. The Morgan fingerprint density at radius 1 is 1.18 bits per heavy atom. The number of methoxy groups -OCH3 is 1. The van der Waals surface area contributed by atoms with E-state index in [0.717, 1.165) is 0 Å². The number of amides is 3. The number of ether oxygens (including phenoxy) is 1. The summed E-state index contributed by atoms with van der Waals surface area (Å²) >= 11 is 0. The van der Waals surface area contributed by atoms with Gasteiger partial charge in [0.2, 0.25) is 11.8 Å². The third-order valence-corrected chi connectivity index (χ3v) is 4.85. The summed E-state index contributed by atoms with van der Waals surface area (Å²) in [6.07, 6.45) is 0.0430. The summed E-state index contributed by atoms with van der Waals surface area (Å²) in [6.45, 7) is 1.79. The summed E-state index contributed by atoms with van der Waals surface area (Å²) in [7, 11) is 4.87. The lowest BCUT2D eigenvalue weighted by Gasteiger charge is -2.26. The first-order valence-corrected chi connectivity index (χ1v) is 8.92. The summed E-state index contributed by atoms with van der Waals surface area (Å²) in [5.41, 5.74) is 2.98. The summed E-state index contributed by atoms with van der Waals surface area (Å²) < 4.78 is 5.30. The molecule has 3 rings (SSSR count). The maximum Gasteiger partial charge on any atom is 0.253 e. The van der Waals surface area contributed by atoms with Gasteiger partial charge < -0.3 is 20.3 Å². The Hall–Kier alpha value is -3.35. The summed E-state index contributed by atoms with van der Waals surface area (Å²) in [5.74, 6) is -0.822. The van der Waals surface area contributed by atoms with Crippen LogP contribution in [0.4, 0.5) is 11.4 Å². The van der Waals surface area contributed by atoms with E-state index in [0.29, 0.717) is 33.8 Å². The average molecular weight is 381 g/mol. The average Bonchev–Trinajstić information content (AvgIpc) is 2.67. The number of hydrogen-bond acceptors (Lipinski definition) is 4. The van der Waals surface area contributed by atoms with E-state index >= 15 is 0 Å². The van der Waals surface area contributed by atoms with Gasteiger partial charge in [0, 0.05) is 31.8 Å². The molecule has 1 atom stereocenters. The van der Waals surface area contributed by atoms with Crippen LogP contribution in [-0.2, 0) is 9.59 Å². The molecule has 0 aromatic heterocycles. The lowest BCUT2D eigenvalue weighted by molar-refractivity contribution is -0.123. The number of fused-ring (bicyclic) bond motifs is 1. The van der Waals surface area contributed by atoms with Crippen molar-refractivity contribution in [1.82, 2.24) is 4.90 Å². The number of carbonyl (C=O) groups is 3. The maximum absolute atomic E-state index is 13.0. The maximum atomic E-state index is 13.0. The summed E-state index contributed by atoms with van der Waals surface area (Å²) in [5, 5.41) is 5.66. The van der Waals surface area contributed by atoms with Crippen LogP contribution in [0, 0.1) is 6.92 Å². The molecular weight excluding hydrogens is 358 g/mol. The Bertz CT molecular complexity index is 953. The first-order chi connectivity index (χ1) is 13.3. The monoisotopic (exact) mass is 381 g/mol. The summed E-state index contributed by atoms with van der Waals surface area (Å²) in [6, 6.07) is 10.5. The second kappa shape index (κ2) is 7.72. The number of benzene rings is 2. The van der Waals surface area contributed by atoms with E-state index in [-0.39, 0.29) is 24.1 Å². The molecule has 2 aromatic carbocycles. The SMILES string of the molecule is COc1cccc2c1NC(=O)CC2C(=O)Nc1cccc(C(=O)N(C)C)c1C. The quantitative estimate of drug-likeness (QED) is 0.852. The molecule has 0 radical (unpaired) electrons. The van der Waals surface area contributed by atoms with Gasteiger partial charge in [-0.25, -0.2) is 0 Å². The molecule has 28 heavy (non-hydrogen) atoms. The highest BCUT2D eigenvalue weighted by Crippen LogP contribution is 2.39. The minimum absolute atomic E-state index is 0.0430. The molecule has 0 bridgehead atoms. The van der Waals surface area contributed by atoms with Crippen LogP contribution >= 0.6 is 0 Å². The second-order valence-corrected chi connectivity index (χ2v) is 6.90. The third-order valence-electron chi connectivity index (χ3n) is 4.85. The van der Waals surface area contributed by atoms with Gasteiger partial charge in [0.15, 0.2) is 0 Å². The number of rotatable bonds is 4. The molecule has 0 spiro atoms. The summed E-state index contributed by atoms with van der Waals surface area (Å²) in [4.78, 5) is 39.0. The van der Waals surface area contributed by atoms with Gasteiger partial charge >= 0.3 is 0 Å². The Kier molecular flexibility index (Phi) is 5.35. The Morgan fingerprint density at radius 3 is 2.57 bits per heavy atom. The van der Waals surface area contributed by atoms with Crippen LogP contribution in [0.15, 0.2) is 36.4 Å². The van der Waals surface area contributed by atoms with E-state index in [1.54, 1.807) is 57.4 Å². The van der Waals surface area contributed by atoms with Gasteiger partial charge in [0.05, 0.1) is 18.7 Å². The molecule has 7 heteroatoms. The molecule has 3 amide bonds. The Morgan fingerprint density at radius 2 is 1.89 bits per heavy atom. The molecule has 2 N–H and O–H groups in total. The van der Waals surface area contributed by atoms with Gasteiger partial charge in [0.25, 0.3) is 5.91 Å². The lowest BCUT2D eigenvalue weighted by Crippen LogP contribution is -2.31. The van der Waals surface area contributed by atoms with Crippen LogP contribution in [-0.4, -0.2) is 43.8 Å². The van der Waals surface area contributed by atoms with Gasteiger partial charge in [0.1, 0.15) is 5.75 Å². The number of anilines is 2. The van der Waals surface area contributed by atoms with Gasteiger partial charge in [-0.3, -0.25) is 14.4 Å². The molecular formula is C21H23N3O4. The number of hydrogen-bond donors (Lipinski definition) is 2. The van der Waals surface area contributed by atoms with Gasteiger partial charge in [-0.15, -0.1) is 0 Å². The van der Waals surface area contributed by atoms with Crippen LogP contribution in [0.1, 0.15) is 33.8 Å². The van der Waals surface area contributed by atoms with Crippen molar-refractivity contribution in [2.75, 3.05) is 31.8 Å². The zero-order chi connectivity index (χ0) is 20.4. The molecule has 0 saturated heterocycles. The topological polar surface area (TPSA) is 87.7 Å². The smallest absolute Gasteiger partial charge is 0.253 e. The van der Waals surface area contributed by atoms with Crippen LogP contribution in [0.5, 0.6) is 5.75 Å². The minimum Gasteiger partial charge on any atom is -0.495 e. The highest BCUT2D eigenvalue weighted by Gasteiger charge is 2.32. The molecule has 146 valence electrons. The van der Waals surface area contributed by atoms with Crippen molar-refractivity contribution < 1.29 is 19.1 Å². The number of para-hydroxylation sites is 1. The molecule has 0 fully saturated rings. The highest BCUT2D eigenvalue weighted by atomic mass is 16.5. The fourth-order valence-corrected chi connectivity index (χ4v) is 3.33. The minimum atomic E-state index is -0.647. The molecule has 0 aliphatic carbocycles. The van der Waals surface area contributed by atoms with E-state index in [2.05, 4.69) is 10.6 Å². The molecule has 7 nitrogen and oxygen atoms in total. The molecule has 1 heterocycles. The van der Waals surface area contributed by atoms with Crippen molar-refractivity contribution >= 4 is 29.1 Å². The Balaban J connectivity index is 1.92. The standard InChI is InChI=1S/C21H23N3O4/c1-12-13(21(27)24(2)3)7-5-9-16(12)22-20(26)15-11-18(25)23-19-14(15)8-6-10-17(19)28-4/h5-10,15H,11H2,1-4H3,(H,22,26)(H,23,25).